The van der Waals surface area contributed by atoms with Crippen molar-refractivity contribution in [1.29, 1.82) is 5.26 Å². The number of amides is 1. The van der Waals surface area contributed by atoms with Gasteiger partial charge in [-0.1, -0.05) is 25.3 Å². The van der Waals surface area contributed by atoms with Crippen molar-refractivity contribution < 1.29 is 13.2 Å². The lowest BCUT2D eigenvalue weighted by Crippen LogP contribution is -2.58. The van der Waals surface area contributed by atoms with Crippen LogP contribution in [0.3, 0.4) is 0 Å². The van der Waals surface area contributed by atoms with E-state index in [-0.39, 0.29) is 11.9 Å². The number of hydrogen-bond acceptors (Lipinski definition) is 6. The highest BCUT2D eigenvalue weighted by Crippen LogP contribution is 2.33. The van der Waals surface area contributed by atoms with E-state index in [0.29, 0.717) is 30.4 Å². The molecule has 1 aromatic heterocycles. The van der Waals surface area contributed by atoms with E-state index in [1.807, 2.05) is 11.8 Å². The standard InChI is InChI=1S/C19H28N4O3S2/c1-16(18(24)21(2)19(15-20)8-4-3-5-9-19)22-10-12-23(13-11-22)28(25,26)17-7-6-14-27-17/h6-7,14,16H,3-5,8-13H2,1-2H3/t16-/m1/s1. The van der Waals surface area contributed by atoms with Crippen LogP contribution < -0.4 is 0 Å². The summed E-state index contributed by atoms with van der Waals surface area (Å²) in [5.74, 6) is -0.0574. The lowest BCUT2D eigenvalue weighted by Gasteiger charge is -2.43. The second kappa shape index (κ2) is 8.49. The molecule has 0 unspecified atom stereocenters. The number of carbonyl (C=O) groups excluding carboxylic acids is 1. The summed E-state index contributed by atoms with van der Waals surface area (Å²) >= 11 is 1.22. The first-order valence-corrected chi connectivity index (χ1v) is 12.1. The van der Waals surface area contributed by atoms with Gasteiger partial charge in [0.25, 0.3) is 10.0 Å². The monoisotopic (exact) mass is 424 g/mol. The molecule has 7 nitrogen and oxygen atoms in total. The number of nitrogens with zero attached hydrogens (tertiary/aromatic N) is 4. The maximum atomic E-state index is 13.1. The van der Waals surface area contributed by atoms with Crippen LogP contribution >= 0.6 is 11.3 Å². The predicted molar refractivity (Wildman–Crippen MR) is 108 cm³/mol. The molecule has 154 valence electrons. The van der Waals surface area contributed by atoms with E-state index in [1.165, 1.54) is 15.6 Å². The Morgan fingerprint density at radius 1 is 1.25 bits per heavy atom. The predicted octanol–water partition coefficient (Wildman–Crippen LogP) is 2.13. The summed E-state index contributed by atoms with van der Waals surface area (Å²) < 4.78 is 27.2. The zero-order valence-corrected chi connectivity index (χ0v) is 18.1. The molecule has 1 saturated carbocycles. The Balaban J connectivity index is 1.62. The SMILES string of the molecule is C[C@H](C(=O)N(C)C1(C#N)CCCCC1)N1CCN(S(=O)(=O)c2cccs2)CC1. The van der Waals surface area contributed by atoms with Crippen molar-refractivity contribution in [3.05, 3.63) is 17.5 Å². The fourth-order valence-electron chi connectivity index (χ4n) is 4.17. The molecule has 0 aromatic carbocycles. The number of carbonyl (C=O) groups is 1. The third kappa shape index (κ3) is 3.96. The number of sulfonamides is 1. The van der Waals surface area contributed by atoms with Crippen molar-refractivity contribution >= 4 is 27.3 Å². The summed E-state index contributed by atoms with van der Waals surface area (Å²) in [4.78, 5) is 16.7. The Hall–Kier alpha value is -1.47. The molecular formula is C19H28N4O3S2. The van der Waals surface area contributed by atoms with Gasteiger partial charge in [0.05, 0.1) is 12.1 Å². The molecule has 3 rings (SSSR count). The molecule has 28 heavy (non-hydrogen) atoms. The Morgan fingerprint density at radius 2 is 1.89 bits per heavy atom. The molecule has 1 aliphatic carbocycles. The van der Waals surface area contributed by atoms with Crippen LogP contribution in [-0.2, 0) is 14.8 Å². The minimum Gasteiger partial charge on any atom is -0.326 e. The smallest absolute Gasteiger partial charge is 0.252 e. The van der Waals surface area contributed by atoms with E-state index in [9.17, 15) is 18.5 Å². The molecule has 1 amide bonds. The van der Waals surface area contributed by atoms with E-state index in [4.69, 9.17) is 0 Å². The number of hydrogen-bond donors (Lipinski definition) is 0. The topological polar surface area (TPSA) is 84.7 Å². The first-order chi connectivity index (χ1) is 13.3. The molecular weight excluding hydrogens is 396 g/mol. The lowest BCUT2D eigenvalue weighted by molar-refractivity contribution is -0.140. The van der Waals surface area contributed by atoms with Gasteiger partial charge in [-0.15, -0.1) is 11.3 Å². The van der Waals surface area contributed by atoms with Gasteiger partial charge in [-0.05, 0) is 31.2 Å². The van der Waals surface area contributed by atoms with Gasteiger partial charge in [-0.3, -0.25) is 9.69 Å². The molecule has 0 bridgehead atoms. The molecule has 2 heterocycles. The van der Waals surface area contributed by atoms with Gasteiger partial charge in [0.15, 0.2) is 0 Å². The van der Waals surface area contributed by atoms with Crippen LogP contribution in [0.4, 0.5) is 0 Å². The second-order valence-electron chi connectivity index (χ2n) is 7.65. The van der Waals surface area contributed by atoms with E-state index >= 15 is 0 Å². The van der Waals surface area contributed by atoms with E-state index in [0.717, 1.165) is 32.1 Å². The van der Waals surface area contributed by atoms with Crippen molar-refractivity contribution in [2.45, 2.75) is 54.8 Å². The average Bonchev–Trinajstić information content (AvgIpc) is 3.28. The summed E-state index contributed by atoms with van der Waals surface area (Å²) in [6.45, 7) is 3.60. The molecule has 9 heteroatoms. The van der Waals surface area contributed by atoms with Gasteiger partial charge in [-0.25, -0.2) is 8.42 Å². The Bertz CT molecular complexity index is 818. The fraction of sp³-hybridized carbons (Fsp3) is 0.684. The largest absolute Gasteiger partial charge is 0.326 e. The average molecular weight is 425 g/mol. The highest BCUT2D eigenvalue weighted by atomic mass is 32.2. The summed E-state index contributed by atoms with van der Waals surface area (Å²) in [5.41, 5.74) is -0.700. The third-order valence-corrected chi connectivity index (χ3v) is 9.40. The Labute approximate surface area is 171 Å². The van der Waals surface area contributed by atoms with Crippen LogP contribution in [0.2, 0.25) is 0 Å². The minimum absolute atomic E-state index is 0.0574. The van der Waals surface area contributed by atoms with Crippen molar-refractivity contribution in [1.82, 2.24) is 14.1 Å². The van der Waals surface area contributed by atoms with Crippen LogP contribution in [0.5, 0.6) is 0 Å². The van der Waals surface area contributed by atoms with Gasteiger partial charge >= 0.3 is 0 Å². The molecule has 1 aliphatic heterocycles. The maximum absolute atomic E-state index is 13.1. The first kappa shape index (κ1) is 21.2. The molecule has 0 N–H and O–H groups in total. The summed E-state index contributed by atoms with van der Waals surface area (Å²) in [6.07, 6.45) is 4.51. The Kier molecular flexibility index (Phi) is 6.44. The van der Waals surface area contributed by atoms with Crippen LogP contribution in [0.15, 0.2) is 21.7 Å². The van der Waals surface area contributed by atoms with Crippen LogP contribution in [-0.4, -0.2) is 73.2 Å². The molecule has 1 saturated heterocycles. The highest BCUT2D eigenvalue weighted by molar-refractivity contribution is 7.91. The second-order valence-corrected chi connectivity index (χ2v) is 10.8. The molecule has 1 atom stereocenters. The van der Waals surface area contributed by atoms with Crippen molar-refractivity contribution in [2.75, 3.05) is 33.2 Å². The summed E-state index contributed by atoms with van der Waals surface area (Å²) in [7, 11) is -1.71. The Morgan fingerprint density at radius 3 is 2.43 bits per heavy atom. The van der Waals surface area contributed by atoms with Gasteiger partial charge in [0.1, 0.15) is 9.75 Å². The zero-order valence-electron chi connectivity index (χ0n) is 16.5. The van der Waals surface area contributed by atoms with Crippen molar-refractivity contribution in [2.24, 2.45) is 0 Å². The zero-order chi connectivity index (χ0) is 20.4. The number of nitriles is 1. The maximum Gasteiger partial charge on any atom is 0.252 e. The summed E-state index contributed by atoms with van der Waals surface area (Å²) in [5, 5.41) is 11.5. The van der Waals surface area contributed by atoms with Gasteiger partial charge < -0.3 is 4.90 Å². The van der Waals surface area contributed by atoms with Crippen LogP contribution in [0.1, 0.15) is 39.0 Å². The molecule has 1 aromatic rings. The van der Waals surface area contributed by atoms with Crippen LogP contribution in [0.25, 0.3) is 0 Å². The van der Waals surface area contributed by atoms with Crippen molar-refractivity contribution in [3.8, 4) is 6.07 Å². The molecule has 0 radical (unpaired) electrons. The van der Waals surface area contributed by atoms with Crippen molar-refractivity contribution in [3.63, 3.8) is 0 Å². The normalized spacial score (nSPS) is 22.3. The summed E-state index contributed by atoms with van der Waals surface area (Å²) in [6, 6.07) is 5.39. The fourth-order valence-corrected chi connectivity index (χ4v) is 6.74. The molecule has 2 aliphatic rings. The number of likely N-dealkylation sites (N-methyl/N-ethyl adjacent to an activating group) is 1. The van der Waals surface area contributed by atoms with Gasteiger partial charge in [0.2, 0.25) is 5.91 Å². The first-order valence-electron chi connectivity index (χ1n) is 9.78. The third-order valence-electron chi connectivity index (χ3n) is 6.13. The molecule has 2 fully saturated rings. The minimum atomic E-state index is -3.45. The number of thiophene rings is 1. The van der Waals surface area contributed by atoms with E-state index in [2.05, 4.69) is 6.07 Å². The van der Waals surface area contributed by atoms with E-state index < -0.39 is 15.6 Å². The number of piperazine rings is 1. The van der Waals surface area contributed by atoms with Crippen LogP contribution in [0, 0.1) is 11.3 Å². The van der Waals surface area contributed by atoms with Gasteiger partial charge in [0, 0.05) is 33.2 Å². The number of rotatable bonds is 5. The highest BCUT2D eigenvalue weighted by Gasteiger charge is 2.41. The van der Waals surface area contributed by atoms with Gasteiger partial charge in [-0.2, -0.15) is 9.57 Å². The molecule has 0 spiro atoms. The van der Waals surface area contributed by atoms with E-state index in [1.54, 1.807) is 29.5 Å². The lowest BCUT2D eigenvalue weighted by atomic mass is 9.81. The quantitative estimate of drug-likeness (QED) is 0.723.